The molecule has 0 N–H and O–H groups in total. The lowest BCUT2D eigenvalue weighted by molar-refractivity contribution is 0.231. The Labute approximate surface area is 113 Å². The number of hydrogen-bond donors (Lipinski definition) is 0. The molecule has 1 aliphatic carbocycles. The molecule has 0 spiro atoms. The van der Waals surface area contributed by atoms with Crippen LogP contribution in [0.5, 0.6) is 5.88 Å². The van der Waals surface area contributed by atoms with E-state index >= 15 is 0 Å². The Morgan fingerprint density at radius 3 is 2.78 bits per heavy atom. The first-order chi connectivity index (χ1) is 8.70. The Bertz CT molecular complexity index is 382. The Morgan fingerprint density at radius 1 is 1.44 bits per heavy atom. The van der Waals surface area contributed by atoms with Gasteiger partial charge < -0.3 is 9.64 Å². The number of ether oxygens (including phenoxy) is 1. The Kier molecular flexibility index (Phi) is 4.64. The number of halogens is 1. The topological polar surface area (TPSA) is 38.2 Å². The minimum absolute atomic E-state index is 0.111. The van der Waals surface area contributed by atoms with Crippen LogP contribution in [0.3, 0.4) is 0 Å². The zero-order valence-corrected chi connectivity index (χ0v) is 11.7. The minimum atomic E-state index is 0.111. The van der Waals surface area contributed by atoms with Gasteiger partial charge in [0, 0.05) is 18.5 Å². The van der Waals surface area contributed by atoms with Gasteiger partial charge in [-0.3, -0.25) is 4.98 Å². The van der Waals surface area contributed by atoms with Crippen LogP contribution in [0.15, 0.2) is 12.4 Å². The number of nitrogens with zero attached hydrogens (tertiary/aromatic N) is 3. The summed E-state index contributed by atoms with van der Waals surface area (Å²) in [6.45, 7) is 4.78. The molecule has 5 heteroatoms. The van der Waals surface area contributed by atoms with Crippen LogP contribution >= 0.6 is 11.6 Å². The fourth-order valence-electron chi connectivity index (χ4n) is 2.05. The largest absolute Gasteiger partial charge is 0.474 e. The monoisotopic (exact) mass is 269 g/mol. The summed E-state index contributed by atoms with van der Waals surface area (Å²) >= 11 is 5.87. The highest BCUT2D eigenvalue weighted by molar-refractivity contribution is 6.18. The van der Waals surface area contributed by atoms with Crippen LogP contribution in [0.4, 0.5) is 5.82 Å². The van der Waals surface area contributed by atoms with Crippen molar-refractivity contribution in [1.29, 1.82) is 0 Å². The summed E-state index contributed by atoms with van der Waals surface area (Å²) in [4.78, 5) is 11.0. The average Bonchev–Trinajstić information content (AvgIpc) is 2.25. The standard InChI is InChI=1S/C13H20ClN3O/c1-10(2)18-13-9-15-8-12(16-13)17(7-6-14)11-4-3-5-11/h8-11H,3-7H2,1-2H3. The molecule has 0 saturated heterocycles. The molecule has 0 aliphatic heterocycles. The first-order valence-corrected chi connectivity index (χ1v) is 7.05. The van der Waals surface area contributed by atoms with Crippen LogP contribution in [0, 0.1) is 0 Å². The van der Waals surface area contributed by atoms with Crippen molar-refractivity contribution in [3.05, 3.63) is 12.4 Å². The maximum atomic E-state index is 5.87. The van der Waals surface area contributed by atoms with Gasteiger partial charge in [0.25, 0.3) is 0 Å². The van der Waals surface area contributed by atoms with E-state index in [-0.39, 0.29) is 6.10 Å². The predicted molar refractivity (Wildman–Crippen MR) is 73.5 cm³/mol. The number of rotatable bonds is 6. The lowest BCUT2D eigenvalue weighted by atomic mass is 9.91. The number of hydrogen-bond acceptors (Lipinski definition) is 4. The van der Waals surface area contributed by atoms with Gasteiger partial charge in [-0.1, -0.05) is 0 Å². The second-order valence-electron chi connectivity index (χ2n) is 4.85. The summed E-state index contributed by atoms with van der Waals surface area (Å²) in [7, 11) is 0. The van der Waals surface area contributed by atoms with E-state index < -0.39 is 0 Å². The fraction of sp³-hybridized carbons (Fsp3) is 0.692. The van der Waals surface area contributed by atoms with E-state index in [0.717, 1.165) is 12.4 Å². The Balaban J connectivity index is 2.13. The van der Waals surface area contributed by atoms with Crippen LogP contribution in [0.25, 0.3) is 0 Å². The molecule has 1 heterocycles. The first-order valence-electron chi connectivity index (χ1n) is 6.52. The zero-order valence-electron chi connectivity index (χ0n) is 11.0. The highest BCUT2D eigenvalue weighted by Gasteiger charge is 2.26. The van der Waals surface area contributed by atoms with Gasteiger partial charge in [-0.05, 0) is 33.1 Å². The van der Waals surface area contributed by atoms with Crippen LogP contribution in [-0.2, 0) is 0 Å². The zero-order chi connectivity index (χ0) is 13.0. The summed E-state index contributed by atoms with van der Waals surface area (Å²) < 4.78 is 5.58. The van der Waals surface area contributed by atoms with Crippen molar-refractivity contribution in [2.75, 3.05) is 17.3 Å². The molecule has 1 aliphatic rings. The SMILES string of the molecule is CC(C)Oc1cncc(N(CCCl)C2CCC2)n1. The molecule has 1 aromatic heterocycles. The van der Waals surface area contributed by atoms with E-state index in [1.807, 2.05) is 13.8 Å². The van der Waals surface area contributed by atoms with Gasteiger partial charge in [-0.25, -0.2) is 0 Å². The summed E-state index contributed by atoms with van der Waals surface area (Å²) in [6.07, 6.45) is 7.28. The molecule has 1 fully saturated rings. The van der Waals surface area contributed by atoms with Gasteiger partial charge in [0.1, 0.15) is 0 Å². The average molecular weight is 270 g/mol. The molecule has 0 atom stereocenters. The summed E-state index contributed by atoms with van der Waals surface area (Å²) in [5, 5.41) is 0. The maximum Gasteiger partial charge on any atom is 0.234 e. The normalized spacial score (nSPS) is 15.6. The summed E-state index contributed by atoms with van der Waals surface area (Å²) in [6, 6.07) is 0.562. The van der Waals surface area contributed by atoms with Gasteiger partial charge in [0.05, 0.1) is 18.5 Å². The second kappa shape index (κ2) is 6.23. The molecular weight excluding hydrogens is 250 g/mol. The Morgan fingerprint density at radius 2 is 2.22 bits per heavy atom. The molecule has 4 nitrogen and oxygen atoms in total. The molecule has 18 heavy (non-hydrogen) atoms. The van der Waals surface area contributed by atoms with Crippen LogP contribution in [-0.4, -0.2) is 34.5 Å². The van der Waals surface area contributed by atoms with Gasteiger partial charge >= 0.3 is 0 Å². The smallest absolute Gasteiger partial charge is 0.234 e. The van der Waals surface area contributed by atoms with E-state index in [1.54, 1.807) is 12.4 Å². The summed E-state index contributed by atoms with van der Waals surface area (Å²) in [5.74, 6) is 2.06. The third-order valence-corrected chi connectivity index (χ3v) is 3.26. The second-order valence-corrected chi connectivity index (χ2v) is 5.23. The third-order valence-electron chi connectivity index (χ3n) is 3.09. The predicted octanol–water partition coefficient (Wildman–Crippen LogP) is 2.86. The fourth-order valence-corrected chi connectivity index (χ4v) is 2.23. The van der Waals surface area contributed by atoms with E-state index in [4.69, 9.17) is 16.3 Å². The van der Waals surface area contributed by atoms with E-state index in [0.29, 0.717) is 17.8 Å². The van der Waals surface area contributed by atoms with E-state index in [9.17, 15) is 0 Å². The minimum Gasteiger partial charge on any atom is -0.474 e. The molecule has 0 aromatic carbocycles. The molecule has 0 radical (unpaired) electrons. The lowest BCUT2D eigenvalue weighted by Gasteiger charge is -2.37. The van der Waals surface area contributed by atoms with Crippen molar-refractivity contribution in [2.24, 2.45) is 0 Å². The van der Waals surface area contributed by atoms with Gasteiger partial charge in [-0.15, -0.1) is 11.6 Å². The molecule has 100 valence electrons. The van der Waals surface area contributed by atoms with Crippen LogP contribution in [0.2, 0.25) is 0 Å². The van der Waals surface area contributed by atoms with Crippen molar-refractivity contribution >= 4 is 17.4 Å². The van der Waals surface area contributed by atoms with Crippen molar-refractivity contribution in [2.45, 2.75) is 45.3 Å². The van der Waals surface area contributed by atoms with Gasteiger partial charge in [0.2, 0.25) is 5.88 Å². The Hall–Kier alpha value is -1.03. The van der Waals surface area contributed by atoms with Crippen molar-refractivity contribution in [3.8, 4) is 5.88 Å². The number of aromatic nitrogens is 2. The molecule has 0 bridgehead atoms. The quantitative estimate of drug-likeness (QED) is 0.745. The number of anilines is 1. The molecule has 0 unspecified atom stereocenters. The van der Waals surface area contributed by atoms with Gasteiger partial charge in [-0.2, -0.15) is 4.98 Å². The molecular formula is C13H20ClN3O. The molecule has 1 aromatic rings. The maximum absolute atomic E-state index is 5.87. The molecule has 0 amide bonds. The van der Waals surface area contributed by atoms with Crippen molar-refractivity contribution in [3.63, 3.8) is 0 Å². The van der Waals surface area contributed by atoms with Crippen LogP contribution < -0.4 is 9.64 Å². The number of alkyl halides is 1. The third kappa shape index (κ3) is 3.25. The van der Waals surface area contributed by atoms with E-state index in [2.05, 4.69) is 14.9 Å². The highest BCUT2D eigenvalue weighted by Crippen LogP contribution is 2.28. The molecule has 1 saturated carbocycles. The van der Waals surface area contributed by atoms with Crippen molar-refractivity contribution in [1.82, 2.24) is 9.97 Å². The first kappa shape index (κ1) is 13.4. The lowest BCUT2D eigenvalue weighted by Crippen LogP contribution is -2.42. The summed E-state index contributed by atoms with van der Waals surface area (Å²) in [5.41, 5.74) is 0. The molecule has 2 rings (SSSR count). The van der Waals surface area contributed by atoms with Crippen molar-refractivity contribution < 1.29 is 4.74 Å². The van der Waals surface area contributed by atoms with Crippen LogP contribution in [0.1, 0.15) is 33.1 Å². The van der Waals surface area contributed by atoms with E-state index in [1.165, 1.54) is 19.3 Å². The highest BCUT2D eigenvalue weighted by atomic mass is 35.5. The van der Waals surface area contributed by atoms with Gasteiger partial charge in [0.15, 0.2) is 5.82 Å².